The first-order chi connectivity index (χ1) is 9.95. The predicted octanol–water partition coefficient (Wildman–Crippen LogP) is 2.38. The minimum absolute atomic E-state index is 0.208. The van der Waals surface area contributed by atoms with Crippen LogP contribution in [0.5, 0.6) is 11.5 Å². The van der Waals surface area contributed by atoms with Gasteiger partial charge in [-0.1, -0.05) is 0 Å². The van der Waals surface area contributed by atoms with E-state index in [1.165, 1.54) is 6.07 Å². The Morgan fingerprint density at radius 1 is 1.00 bits per heavy atom. The zero-order valence-electron chi connectivity index (χ0n) is 10.7. The summed E-state index contributed by atoms with van der Waals surface area (Å²) in [7, 11) is -3.93. The Kier molecular flexibility index (Phi) is 2.99. The smallest absolute Gasteiger partial charge is 0.265 e. The van der Waals surface area contributed by atoms with E-state index < -0.39 is 15.8 Å². The van der Waals surface area contributed by atoms with E-state index in [9.17, 15) is 18.6 Å². The van der Waals surface area contributed by atoms with E-state index in [1.54, 1.807) is 24.4 Å². The number of benzene rings is 2. The molecule has 3 rings (SSSR count). The first kappa shape index (κ1) is 13.3. The largest absolute Gasteiger partial charge is 0.508 e. The van der Waals surface area contributed by atoms with E-state index in [2.05, 4.69) is 9.71 Å². The molecule has 0 aliphatic rings. The highest BCUT2D eigenvalue weighted by molar-refractivity contribution is 7.92. The lowest BCUT2D eigenvalue weighted by molar-refractivity contribution is 0.440. The Labute approximate surface area is 120 Å². The number of fused-ring (bicyclic) bond motifs is 1. The van der Waals surface area contributed by atoms with Crippen LogP contribution in [0.4, 0.5) is 5.69 Å². The average Bonchev–Trinajstić information content (AvgIpc) is 2.85. The molecule has 2 aromatic carbocycles. The lowest BCUT2D eigenvalue weighted by Crippen LogP contribution is -2.13. The summed E-state index contributed by atoms with van der Waals surface area (Å²) in [6.07, 6.45) is 1.76. The van der Waals surface area contributed by atoms with E-state index in [1.807, 2.05) is 6.07 Å². The average molecular weight is 304 g/mol. The van der Waals surface area contributed by atoms with Crippen molar-refractivity contribution in [3.8, 4) is 11.5 Å². The Balaban J connectivity index is 1.98. The number of sulfonamides is 1. The summed E-state index contributed by atoms with van der Waals surface area (Å²) in [6.45, 7) is 0. The van der Waals surface area contributed by atoms with Crippen LogP contribution in [0.25, 0.3) is 10.9 Å². The van der Waals surface area contributed by atoms with Crippen LogP contribution in [0.2, 0.25) is 0 Å². The molecule has 0 fully saturated rings. The van der Waals surface area contributed by atoms with Gasteiger partial charge in [-0.05, 0) is 36.4 Å². The highest BCUT2D eigenvalue weighted by atomic mass is 32.2. The number of rotatable bonds is 3. The topological polar surface area (TPSA) is 102 Å². The first-order valence-corrected chi connectivity index (χ1v) is 7.56. The van der Waals surface area contributed by atoms with Crippen molar-refractivity contribution in [3.05, 3.63) is 48.7 Å². The molecular weight excluding hydrogens is 292 g/mol. The third-order valence-corrected chi connectivity index (χ3v) is 4.47. The van der Waals surface area contributed by atoms with Crippen LogP contribution < -0.4 is 4.72 Å². The molecule has 1 heterocycles. The van der Waals surface area contributed by atoms with Gasteiger partial charge < -0.3 is 15.2 Å². The van der Waals surface area contributed by atoms with Gasteiger partial charge in [-0.2, -0.15) is 0 Å². The molecule has 0 amide bonds. The summed E-state index contributed by atoms with van der Waals surface area (Å²) < 4.78 is 26.9. The second-order valence-electron chi connectivity index (χ2n) is 4.54. The molecule has 108 valence electrons. The molecule has 0 unspecified atom stereocenters. The van der Waals surface area contributed by atoms with Gasteiger partial charge in [-0.15, -0.1) is 0 Å². The Morgan fingerprint density at radius 3 is 2.57 bits per heavy atom. The van der Waals surface area contributed by atoms with Gasteiger partial charge in [0.1, 0.15) is 16.4 Å². The van der Waals surface area contributed by atoms with Crippen molar-refractivity contribution in [1.82, 2.24) is 4.98 Å². The molecule has 1 aromatic heterocycles. The van der Waals surface area contributed by atoms with Crippen LogP contribution in [0.3, 0.4) is 0 Å². The maximum absolute atomic E-state index is 12.2. The summed E-state index contributed by atoms with van der Waals surface area (Å²) in [5, 5.41) is 19.7. The van der Waals surface area contributed by atoms with Crippen LogP contribution >= 0.6 is 0 Å². The molecule has 7 heteroatoms. The molecule has 0 bridgehead atoms. The second-order valence-corrected chi connectivity index (χ2v) is 6.19. The van der Waals surface area contributed by atoms with Gasteiger partial charge >= 0.3 is 0 Å². The van der Waals surface area contributed by atoms with Crippen molar-refractivity contribution in [2.45, 2.75) is 4.90 Å². The monoisotopic (exact) mass is 304 g/mol. The van der Waals surface area contributed by atoms with Crippen LogP contribution in [-0.2, 0) is 10.0 Å². The quantitative estimate of drug-likeness (QED) is 0.596. The standard InChI is InChI=1S/C14H12N2O4S/c17-11-2-4-14(13(18)8-11)21(19,20)16-10-1-3-12-9(7-10)5-6-15-12/h1-8,15-18H. The number of H-pyrrole nitrogens is 1. The number of anilines is 1. The van der Waals surface area contributed by atoms with Crippen molar-refractivity contribution < 1.29 is 18.6 Å². The SMILES string of the molecule is O=S(=O)(Nc1ccc2[nH]ccc2c1)c1ccc(O)cc1O. The molecule has 0 radical (unpaired) electrons. The number of aromatic hydroxyl groups is 2. The van der Waals surface area contributed by atoms with E-state index in [-0.39, 0.29) is 10.6 Å². The molecule has 0 saturated heterocycles. The third kappa shape index (κ3) is 2.50. The van der Waals surface area contributed by atoms with Crippen molar-refractivity contribution >= 4 is 26.6 Å². The van der Waals surface area contributed by atoms with Gasteiger partial charge in [0.05, 0.1) is 0 Å². The van der Waals surface area contributed by atoms with Crippen molar-refractivity contribution in [2.75, 3.05) is 4.72 Å². The molecule has 0 aliphatic heterocycles. The maximum atomic E-state index is 12.2. The maximum Gasteiger partial charge on any atom is 0.265 e. The van der Waals surface area contributed by atoms with E-state index in [4.69, 9.17) is 0 Å². The molecule has 3 aromatic rings. The number of phenolic OH excluding ortho intramolecular Hbond substituents is 2. The zero-order chi connectivity index (χ0) is 15.0. The number of phenols is 2. The van der Waals surface area contributed by atoms with Gasteiger partial charge in [-0.3, -0.25) is 4.72 Å². The third-order valence-electron chi connectivity index (χ3n) is 3.04. The molecule has 0 aliphatic carbocycles. The summed E-state index contributed by atoms with van der Waals surface area (Å²) in [4.78, 5) is 2.71. The number of hydrogen-bond donors (Lipinski definition) is 4. The number of aromatic amines is 1. The van der Waals surface area contributed by atoms with Gasteiger partial charge in [0, 0.05) is 28.9 Å². The molecule has 21 heavy (non-hydrogen) atoms. The van der Waals surface area contributed by atoms with Gasteiger partial charge in [0.25, 0.3) is 10.0 Å². The van der Waals surface area contributed by atoms with Crippen LogP contribution in [0, 0.1) is 0 Å². The first-order valence-electron chi connectivity index (χ1n) is 6.08. The fraction of sp³-hybridized carbons (Fsp3) is 0. The Morgan fingerprint density at radius 2 is 1.81 bits per heavy atom. The minimum atomic E-state index is -3.93. The lowest BCUT2D eigenvalue weighted by atomic mass is 10.2. The molecular formula is C14H12N2O4S. The number of hydrogen-bond acceptors (Lipinski definition) is 4. The molecule has 6 nitrogen and oxygen atoms in total. The van der Waals surface area contributed by atoms with Crippen LogP contribution in [-0.4, -0.2) is 23.6 Å². The van der Waals surface area contributed by atoms with Gasteiger partial charge in [-0.25, -0.2) is 8.42 Å². The summed E-state index contributed by atoms with van der Waals surface area (Å²) in [5.74, 6) is -0.717. The predicted molar refractivity (Wildman–Crippen MR) is 78.9 cm³/mol. The molecule has 4 N–H and O–H groups in total. The van der Waals surface area contributed by atoms with Crippen molar-refractivity contribution in [2.24, 2.45) is 0 Å². The van der Waals surface area contributed by atoms with Crippen molar-refractivity contribution in [3.63, 3.8) is 0 Å². The molecule has 0 spiro atoms. The van der Waals surface area contributed by atoms with E-state index >= 15 is 0 Å². The Hall–Kier alpha value is -2.67. The summed E-state index contributed by atoms with van der Waals surface area (Å²) in [5.41, 5.74) is 1.28. The fourth-order valence-electron chi connectivity index (χ4n) is 2.06. The lowest BCUT2D eigenvalue weighted by Gasteiger charge is -2.09. The highest BCUT2D eigenvalue weighted by Gasteiger charge is 2.19. The van der Waals surface area contributed by atoms with Crippen LogP contribution in [0.1, 0.15) is 0 Å². The fourth-order valence-corrected chi connectivity index (χ4v) is 3.19. The number of aromatic nitrogens is 1. The highest BCUT2D eigenvalue weighted by Crippen LogP contribution is 2.28. The molecule has 0 saturated carbocycles. The van der Waals surface area contributed by atoms with Gasteiger partial charge in [0.15, 0.2) is 0 Å². The van der Waals surface area contributed by atoms with Crippen LogP contribution in [0.15, 0.2) is 53.6 Å². The van der Waals surface area contributed by atoms with Gasteiger partial charge in [0.2, 0.25) is 0 Å². The van der Waals surface area contributed by atoms with Crippen molar-refractivity contribution in [1.29, 1.82) is 0 Å². The molecule has 0 atom stereocenters. The van der Waals surface area contributed by atoms with E-state index in [0.29, 0.717) is 5.69 Å². The second kappa shape index (κ2) is 4.71. The summed E-state index contributed by atoms with van der Waals surface area (Å²) in [6, 6.07) is 10.2. The Bertz CT molecular complexity index is 916. The van der Waals surface area contributed by atoms with E-state index in [0.717, 1.165) is 23.0 Å². The minimum Gasteiger partial charge on any atom is -0.508 e. The summed E-state index contributed by atoms with van der Waals surface area (Å²) >= 11 is 0. The number of nitrogens with one attached hydrogen (secondary N) is 2. The zero-order valence-corrected chi connectivity index (χ0v) is 11.6. The normalized spacial score (nSPS) is 11.6.